The van der Waals surface area contributed by atoms with E-state index in [9.17, 15) is 25.2 Å². The summed E-state index contributed by atoms with van der Waals surface area (Å²) in [5.41, 5.74) is 5.44. The number of carbonyl (C=O) groups excluding carboxylic acids is 1. The van der Waals surface area contributed by atoms with Gasteiger partial charge in [-0.05, 0) is 94.1 Å². The molecule has 0 aromatic carbocycles. The SMILES string of the molecule is C\C(C=C=C1C(C)(C)CC(O)CC1(C)O)=C/C=C/C(C)=C/C=C/C=C(C)/C=C/C=C(\C)C(=O)/C=C1/C(C)(C)CC(O)CC1(C)O. The van der Waals surface area contributed by atoms with Crippen LogP contribution in [0.2, 0.25) is 0 Å². The van der Waals surface area contributed by atoms with E-state index in [1.54, 1.807) is 32.9 Å². The predicted molar refractivity (Wildman–Crippen MR) is 186 cm³/mol. The lowest BCUT2D eigenvalue weighted by Crippen LogP contribution is -2.45. The number of aliphatic hydroxyl groups excluding tert-OH is 2. The van der Waals surface area contributed by atoms with Gasteiger partial charge in [0.1, 0.15) is 0 Å². The lowest BCUT2D eigenvalue weighted by Gasteiger charge is -2.45. The normalized spacial score (nSPS) is 30.9. The first-order valence-corrected chi connectivity index (χ1v) is 15.9. The molecule has 4 atom stereocenters. The molecule has 2 fully saturated rings. The Kier molecular flexibility index (Phi) is 13.1. The summed E-state index contributed by atoms with van der Waals surface area (Å²) in [5.74, 6) is -0.144. The summed E-state index contributed by atoms with van der Waals surface area (Å²) in [6.45, 7) is 19.2. The molecule has 0 aromatic rings. The molecule has 246 valence electrons. The van der Waals surface area contributed by atoms with Crippen molar-refractivity contribution >= 4 is 5.78 Å². The van der Waals surface area contributed by atoms with Crippen LogP contribution < -0.4 is 0 Å². The fourth-order valence-electron chi connectivity index (χ4n) is 6.61. The van der Waals surface area contributed by atoms with Crippen LogP contribution in [0, 0.1) is 10.8 Å². The van der Waals surface area contributed by atoms with Gasteiger partial charge < -0.3 is 20.4 Å². The molecular formula is C40H56O5. The van der Waals surface area contributed by atoms with E-state index in [-0.39, 0.29) is 17.6 Å². The second-order valence-electron chi connectivity index (χ2n) is 14.7. The van der Waals surface area contributed by atoms with Crippen LogP contribution in [0.25, 0.3) is 0 Å². The summed E-state index contributed by atoms with van der Waals surface area (Å²) < 4.78 is 0. The first-order valence-electron chi connectivity index (χ1n) is 15.9. The van der Waals surface area contributed by atoms with Gasteiger partial charge in [-0.25, -0.2) is 0 Å². The molecule has 0 bridgehead atoms. The predicted octanol–water partition coefficient (Wildman–Crippen LogP) is 7.88. The number of ketones is 1. The molecule has 4 unspecified atom stereocenters. The largest absolute Gasteiger partial charge is 0.393 e. The van der Waals surface area contributed by atoms with Gasteiger partial charge in [-0.1, -0.05) is 99.6 Å². The number of rotatable bonds is 9. The maximum Gasteiger partial charge on any atom is 0.181 e. The van der Waals surface area contributed by atoms with Crippen molar-refractivity contribution in [2.24, 2.45) is 10.8 Å². The highest BCUT2D eigenvalue weighted by Gasteiger charge is 2.45. The quantitative estimate of drug-likeness (QED) is 0.120. The third kappa shape index (κ3) is 11.7. The summed E-state index contributed by atoms with van der Waals surface area (Å²) in [5, 5.41) is 41.9. The zero-order valence-corrected chi connectivity index (χ0v) is 29.1. The van der Waals surface area contributed by atoms with Crippen molar-refractivity contribution in [1.29, 1.82) is 0 Å². The van der Waals surface area contributed by atoms with E-state index in [0.717, 1.165) is 22.3 Å². The molecular weight excluding hydrogens is 560 g/mol. The van der Waals surface area contributed by atoms with Crippen molar-refractivity contribution in [3.63, 3.8) is 0 Å². The molecule has 2 aliphatic rings. The molecule has 5 heteroatoms. The smallest absolute Gasteiger partial charge is 0.181 e. The van der Waals surface area contributed by atoms with Crippen molar-refractivity contribution < 1.29 is 25.2 Å². The summed E-state index contributed by atoms with van der Waals surface area (Å²) in [6.07, 6.45) is 23.6. The maximum atomic E-state index is 12.9. The number of aliphatic hydroxyl groups is 4. The van der Waals surface area contributed by atoms with Crippen LogP contribution in [-0.2, 0) is 4.79 Å². The van der Waals surface area contributed by atoms with Crippen molar-refractivity contribution in [3.05, 3.63) is 112 Å². The minimum Gasteiger partial charge on any atom is -0.393 e. The Bertz CT molecular complexity index is 1370. The van der Waals surface area contributed by atoms with E-state index >= 15 is 0 Å². The Morgan fingerprint density at radius 2 is 1.13 bits per heavy atom. The lowest BCUT2D eigenvalue weighted by molar-refractivity contribution is -0.111. The number of allylic oxidation sites excluding steroid dienone is 15. The first kappa shape index (κ1) is 38.1. The summed E-state index contributed by atoms with van der Waals surface area (Å²) in [4.78, 5) is 12.9. The second kappa shape index (κ2) is 15.5. The molecule has 2 rings (SSSR count). The van der Waals surface area contributed by atoms with E-state index < -0.39 is 28.8 Å². The Labute approximate surface area is 271 Å². The third-order valence-corrected chi connectivity index (χ3v) is 8.64. The summed E-state index contributed by atoms with van der Waals surface area (Å²) >= 11 is 0. The molecule has 0 aliphatic heterocycles. The van der Waals surface area contributed by atoms with E-state index in [1.165, 1.54) is 0 Å². The highest BCUT2D eigenvalue weighted by Crippen LogP contribution is 2.46. The van der Waals surface area contributed by atoms with Gasteiger partial charge in [0.15, 0.2) is 5.78 Å². The third-order valence-electron chi connectivity index (χ3n) is 8.64. The zero-order chi connectivity index (χ0) is 34.2. The van der Waals surface area contributed by atoms with Crippen LogP contribution >= 0.6 is 0 Å². The van der Waals surface area contributed by atoms with Crippen LogP contribution in [0.1, 0.15) is 94.9 Å². The van der Waals surface area contributed by atoms with Gasteiger partial charge in [-0.15, -0.1) is 5.73 Å². The Morgan fingerprint density at radius 3 is 1.64 bits per heavy atom. The molecule has 0 heterocycles. The van der Waals surface area contributed by atoms with Crippen molar-refractivity contribution in [2.75, 3.05) is 0 Å². The average molecular weight is 617 g/mol. The average Bonchev–Trinajstić information content (AvgIpc) is 2.86. The van der Waals surface area contributed by atoms with E-state index in [2.05, 4.69) is 5.73 Å². The molecule has 4 N–H and O–H groups in total. The highest BCUT2D eigenvalue weighted by molar-refractivity contribution is 6.04. The molecule has 0 saturated heterocycles. The van der Waals surface area contributed by atoms with Crippen molar-refractivity contribution in [1.82, 2.24) is 0 Å². The van der Waals surface area contributed by atoms with Crippen LogP contribution in [0.5, 0.6) is 0 Å². The van der Waals surface area contributed by atoms with Gasteiger partial charge in [-0.3, -0.25) is 4.79 Å². The number of hydrogen-bond donors (Lipinski definition) is 4. The van der Waals surface area contributed by atoms with Crippen molar-refractivity contribution in [2.45, 2.75) is 118 Å². The number of hydrogen-bond acceptors (Lipinski definition) is 5. The van der Waals surface area contributed by atoms with Gasteiger partial charge in [-0.2, -0.15) is 0 Å². The van der Waals surface area contributed by atoms with Crippen LogP contribution in [0.15, 0.2) is 112 Å². The van der Waals surface area contributed by atoms with Crippen LogP contribution in [0.4, 0.5) is 0 Å². The first-order chi connectivity index (χ1) is 20.7. The number of carbonyl (C=O) groups is 1. The second-order valence-corrected chi connectivity index (χ2v) is 14.7. The molecule has 5 nitrogen and oxygen atoms in total. The molecule has 0 amide bonds. The fourth-order valence-corrected chi connectivity index (χ4v) is 6.61. The highest BCUT2D eigenvalue weighted by atomic mass is 16.3. The van der Waals surface area contributed by atoms with Crippen LogP contribution in [-0.4, -0.2) is 49.6 Å². The minimum absolute atomic E-state index is 0.144. The van der Waals surface area contributed by atoms with E-state index in [0.29, 0.717) is 30.4 Å². The topological polar surface area (TPSA) is 98.0 Å². The Morgan fingerprint density at radius 1 is 0.667 bits per heavy atom. The van der Waals surface area contributed by atoms with Gasteiger partial charge in [0.2, 0.25) is 0 Å². The van der Waals surface area contributed by atoms with Gasteiger partial charge in [0.05, 0.1) is 23.4 Å². The maximum absolute atomic E-state index is 12.9. The van der Waals surface area contributed by atoms with Crippen molar-refractivity contribution in [3.8, 4) is 0 Å². The molecule has 2 aliphatic carbocycles. The fraction of sp³-hybridized carbons (Fsp3) is 0.500. The lowest BCUT2D eigenvalue weighted by atomic mass is 9.64. The minimum atomic E-state index is -1.21. The standard InChI is InChI=1S/C40H56O5/c1-28(17-13-18-30(3)21-22-35-37(5,6)24-32(41)26-39(35,9)44)15-11-12-16-29(2)19-14-20-31(4)34(43)23-36-38(7,8)25-33(42)27-40(36,10)45/h11-21,23,32-33,41-42,44-45H,24-27H2,1-10H3/b12-11+,17-13+,19-14+,28-15+,29-16+,30-18+,31-20+,36-23-. The van der Waals surface area contributed by atoms with E-state index in [4.69, 9.17) is 0 Å². The Balaban J connectivity index is 2.00. The molecule has 45 heavy (non-hydrogen) atoms. The molecule has 0 aromatic heterocycles. The molecule has 2 saturated carbocycles. The van der Waals surface area contributed by atoms with Gasteiger partial charge >= 0.3 is 0 Å². The Hall–Kier alpha value is -3.05. The summed E-state index contributed by atoms with van der Waals surface area (Å²) in [6, 6.07) is 0. The summed E-state index contributed by atoms with van der Waals surface area (Å²) in [7, 11) is 0. The molecule has 0 spiro atoms. The van der Waals surface area contributed by atoms with Gasteiger partial charge in [0.25, 0.3) is 0 Å². The monoisotopic (exact) mass is 616 g/mol. The molecule has 0 radical (unpaired) electrons. The van der Waals surface area contributed by atoms with E-state index in [1.807, 2.05) is 109 Å². The zero-order valence-electron chi connectivity index (χ0n) is 29.1. The van der Waals surface area contributed by atoms with Gasteiger partial charge in [0, 0.05) is 18.4 Å². The van der Waals surface area contributed by atoms with Crippen LogP contribution in [0.3, 0.4) is 0 Å².